The lowest BCUT2D eigenvalue weighted by atomic mass is 10.1. The molecule has 3 rings (SSSR count). The Kier molecular flexibility index (Phi) is 9.07. The maximum absolute atomic E-state index is 7.00. The Labute approximate surface area is 208 Å². The summed E-state index contributed by atoms with van der Waals surface area (Å²) in [5.74, 6) is 0. The van der Waals surface area contributed by atoms with Crippen LogP contribution in [-0.2, 0) is 8.85 Å². The minimum Gasteiger partial charge on any atom is -0.409 e. The van der Waals surface area contributed by atoms with Gasteiger partial charge >= 0.3 is 0 Å². The second-order valence-corrected chi connectivity index (χ2v) is 19.6. The summed E-state index contributed by atoms with van der Waals surface area (Å²) in [4.78, 5) is 0. The lowest BCUT2D eigenvalue weighted by Crippen LogP contribution is -2.67. The third kappa shape index (κ3) is 6.77. The van der Waals surface area contributed by atoms with Crippen LogP contribution in [0.1, 0.15) is 32.4 Å². The van der Waals surface area contributed by atoms with Gasteiger partial charge in [-0.3, -0.25) is 0 Å². The molecule has 0 spiro atoms. The molecule has 0 saturated heterocycles. The highest BCUT2D eigenvalue weighted by Gasteiger charge is 2.49. The topological polar surface area (TPSA) is 30.5 Å². The van der Waals surface area contributed by atoms with Gasteiger partial charge in [-0.15, -0.1) is 0 Å². The molecule has 34 heavy (non-hydrogen) atoms. The second kappa shape index (κ2) is 11.6. The molecule has 0 aliphatic rings. The summed E-state index contributed by atoms with van der Waals surface area (Å²) in [6, 6.07) is 32.2. The summed E-state index contributed by atoms with van der Waals surface area (Å²) in [7, 11) is -4.17. The zero-order chi connectivity index (χ0) is 24.7. The van der Waals surface area contributed by atoms with E-state index < -0.39 is 16.6 Å². The first-order valence-corrected chi connectivity index (χ1v) is 17.6. The van der Waals surface area contributed by atoms with Crippen molar-refractivity contribution in [2.75, 3.05) is 19.7 Å². The normalized spacial score (nSPS) is 13.6. The van der Waals surface area contributed by atoms with Crippen LogP contribution < -0.4 is 15.7 Å². The van der Waals surface area contributed by atoms with Gasteiger partial charge in [0.2, 0.25) is 0 Å². The number of hydrogen-bond donors (Lipinski definition) is 1. The predicted octanol–water partition coefficient (Wildman–Crippen LogP) is 5.75. The van der Waals surface area contributed by atoms with E-state index in [2.05, 4.69) is 137 Å². The third-order valence-electron chi connectivity index (χ3n) is 6.01. The highest BCUT2D eigenvalue weighted by Crippen LogP contribution is 2.36. The quantitative estimate of drug-likeness (QED) is 0.274. The fourth-order valence-electron chi connectivity index (χ4n) is 4.59. The average molecular weight is 492 g/mol. The molecule has 3 nitrogen and oxygen atoms in total. The SMILES string of the molecule is CC(C)(C)[Si](OCCNC[C@@H](O[Si](C)(C)C)c1ccccc1)(c1ccccc1)c1ccccc1. The van der Waals surface area contributed by atoms with E-state index in [0.29, 0.717) is 6.61 Å². The van der Waals surface area contributed by atoms with Crippen molar-refractivity contribution in [2.45, 2.75) is 51.6 Å². The van der Waals surface area contributed by atoms with E-state index in [4.69, 9.17) is 8.85 Å². The Morgan fingerprint density at radius 1 is 0.735 bits per heavy atom. The van der Waals surface area contributed by atoms with Crippen molar-refractivity contribution < 1.29 is 8.85 Å². The van der Waals surface area contributed by atoms with Gasteiger partial charge < -0.3 is 14.2 Å². The molecule has 1 N–H and O–H groups in total. The molecule has 0 bridgehead atoms. The van der Waals surface area contributed by atoms with Gasteiger partial charge in [0.05, 0.1) is 6.10 Å². The molecule has 0 heterocycles. The Balaban J connectivity index is 1.75. The van der Waals surface area contributed by atoms with Crippen molar-refractivity contribution in [1.29, 1.82) is 0 Å². The van der Waals surface area contributed by atoms with Crippen LogP contribution in [0.3, 0.4) is 0 Å². The van der Waals surface area contributed by atoms with Gasteiger partial charge in [-0.05, 0) is 40.6 Å². The van der Waals surface area contributed by atoms with E-state index in [9.17, 15) is 0 Å². The molecule has 0 unspecified atom stereocenters. The van der Waals surface area contributed by atoms with E-state index in [-0.39, 0.29) is 11.1 Å². The van der Waals surface area contributed by atoms with Crippen LogP contribution in [0.2, 0.25) is 24.7 Å². The van der Waals surface area contributed by atoms with Gasteiger partial charge in [0.1, 0.15) is 0 Å². The molecular formula is C29H41NO2Si2. The molecule has 182 valence electrons. The molecule has 0 radical (unpaired) electrons. The van der Waals surface area contributed by atoms with Gasteiger partial charge in [0, 0.05) is 19.7 Å². The Hall–Kier alpha value is -2.03. The van der Waals surface area contributed by atoms with E-state index in [1.54, 1.807) is 0 Å². The molecule has 0 aliphatic heterocycles. The van der Waals surface area contributed by atoms with Crippen molar-refractivity contribution in [3.8, 4) is 0 Å². The first-order valence-electron chi connectivity index (χ1n) is 12.3. The summed E-state index contributed by atoms with van der Waals surface area (Å²) in [6.07, 6.45) is 0.0562. The van der Waals surface area contributed by atoms with Gasteiger partial charge in [-0.25, -0.2) is 0 Å². The standard InChI is InChI=1S/C29H41NO2Si2/c1-29(2,3)34(26-18-12-8-13-19-26,27-20-14-9-15-21-27)31-23-22-30-24-28(32-33(4,5)6)25-16-10-7-11-17-25/h7-21,28,30H,22-24H2,1-6H3/t28-/m1/s1. The smallest absolute Gasteiger partial charge is 0.261 e. The van der Waals surface area contributed by atoms with Crippen molar-refractivity contribution in [2.24, 2.45) is 0 Å². The van der Waals surface area contributed by atoms with Gasteiger partial charge in [-0.1, -0.05) is 112 Å². The van der Waals surface area contributed by atoms with E-state index >= 15 is 0 Å². The van der Waals surface area contributed by atoms with Crippen LogP contribution in [0.4, 0.5) is 0 Å². The summed E-state index contributed by atoms with van der Waals surface area (Å²) in [5, 5.41) is 6.25. The Morgan fingerprint density at radius 2 is 1.21 bits per heavy atom. The zero-order valence-electron chi connectivity index (χ0n) is 21.7. The molecular weight excluding hydrogens is 450 g/mol. The third-order valence-corrected chi connectivity index (χ3v) is 12.0. The number of hydrogen-bond acceptors (Lipinski definition) is 3. The molecule has 0 amide bonds. The van der Waals surface area contributed by atoms with Gasteiger partial charge in [0.25, 0.3) is 8.32 Å². The Morgan fingerprint density at radius 3 is 1.65 bits per heavy atom. The Bertz CT molecular complexity index is 944. The highest BCUT2D eigenvalue weighted by atomic mass is 28.4. The molecule has 0 fully saturated rings. The predicted molar refractivity (Wildman–Crippen MR) is 150 cm³/mol. The summed E-state index contributed by atoms with van der Waals surface area (Å²) in [5.41, 5.74) is 1.23. The monoisotopic (exact) mass is 491 g/mol. The molecule has 1 atom stereocenters. The zero-order valence-corrected chi connectivity index (χ0v) is 23.7. The first-order chi connectivity index (χ1) is 16.1. The maximum atomic E-state index is 7.00. The lowest BCUT2D eigenvalue weighted by molar-refractivity contribution is 0.189. The van der Waals surface area contributed by atoms with Crippen LogP contribution in [0.15, 0.2) is 91.0 Å². The molecule has 0 saturated carbocycles. The molecule has 0 aliphatic carbocycles. The maximum Gasteiger partial charge on any atom is 0.261 e. The van der Waals surface area contributed by atoms with Crippen molar-refractivity contribution in [3.63, 3.8) is 0 Å². The summed E-state index contributed by atoms with van der Waals surface area (Å²) < 4.78 is 13.5. The number of nitrogens with one attached hydrogen (secondary N) is 1. The average Bonchev–Trinajstić information content (AvgIpc) is 2.81. The minimum absolute atomic E-state index is 0.0107. The van der Waals surface area contributed by atoms with Crippen molar-refractivity contribution >= 4 is 27.0 Å². The summed E-state index contributed by atoms with van der Waals surface area (Å²) >= 11 is 0. The van der Waals surface area contributed by atoms with Crippen LogP contribution in [0.25, 0.3) is 0 Å². The van der Waals surface area contributed by atoms with E-state index in [0.717, 1.165) is 13.1 Å². The molecule has 3 aromatic carbocycles. The van der Waals surface area contributed by atoms with Crippen molar-refractivity contribution in [1.82, 2.24) is 5.32 Å². The van der Waals surface area contributed by atoms with Crippen molar-refractivity contribution in [3.05, 3.63) is 96.6 Å². The number of benzene rings is 3. The van der Waals surface area contributed by atoms with E-state index in [1.165, 1.54) is 15.9 Å². The largest absolute Gasteiger partial charge is 0.409 e. The fourth-order valence-corrected chi connectivity index (χ4v) is 10.2. The van der Waals surface area contributed by atoms with Crippen LogP contribution in [0.5, 0.6) is 0 Å². The highest BCUT2D eigenvalue weighted by molar-refractivity contribution is 6.99. The van der Waals surface area contributed by atoms with Crippen LogP contribution >= 0.6 is 0 Å². The molecule has 5 heteroatoms. The molecule has 3 aromatic rings. The van der Waals surface area contributed by atoms with Gasteiger partial charge in [0.15, 0.2) is 8.32 Å². The minimum atomic E-state index is -2.49. The second-order valence-electron chi connectivity index (χ2n) is 10.8. The van der Waals surface area contributed by atoms with Gasteiger partial charge in [-0.2, -0.15) is 0 Å². The fraction of sp³-hybridized carbons (Fsp3) is 0.379. The number of rotatable bonds is 11. The molecule has 0 aromatic heterocycles. The van der Waals surface area contributed by atoms with Crippen LogP contribution in [0, 0.1) is 0 Å². The summed E-state index contributed by atoms with van der Waals surface area (Å²) in [6.45, 7) is 15.9. The van der Waals surface area contributed by atoms with E-state index in [1.807, 2.05) is 0 Å². The van der Waals surface area contributed by atoms with Crippen LogP contribution in [-0.4, -0.2) is 36.3 Å². The first kappa shape index (κ1) is 26.6. The lowest BCUT2D eigenvalue weighted by Gasteiger charge is -2.43.